The molecule has 2 aromatic carbocycles. The minimum absolute atomic E-state index is 0.103. The average molecular weight is 309 g/mol. The largest absolute Gasteiger partial charge is 0.476 e. The Morgan fingerprint density at radius 1 is 1.09 bits per heavy atom. The minimum atomic E-state index is -1.13. The number of carboxylic acid groups (broad SMARTS) is 1. The molecule has 0 bridgehead atoms. The molecule has 7 nitrogen and oxygen atoms in total. The van der Waals surface area contributed by atoms with Crippen molar-refractivity contribution in [2.24, 2.45) is 0 Å². The Bertz CT molecular complexity index is 890. The minimum Gasteiger partial charge on any atom is -0.476 e. The lowest BCUT2D eigenvalue weighted by molar-refractivity contribution is 0.0691. The van der Waals surface area contributed by atoms with Gasteiger partial charge in [0.2, 0.25) is 6.79 Å². The zero-order valence-corrected chi connectivity index (χ0v) is 11.8. The molecule has 4 rings (SSSR count). The summed E-state index contributed by atoms with van der Waals surface area (Å²) in [5.74, 6) is 0.110. The fourth-order valence-electron chi connectivity index (χ4n) is 2.48. The molecule has 0 aliphatic carbocycles. The summed E-state index contributed by atoms with van der Waals surface area (Å²) < 4.78 is 12.1. The first kappa shape index (κ1) is 13.3. The van der Waals surface area contributed by atoms with Crippen molar-refractivity contribution in [2.45, 2.75) is 0 Å². The Labute approximate surface area is 130 Å². The molecule has 0 radical (unpaired) electrons. The molecule has 114 valence electrons. The van der Waals surface area contributed by atoms with Gasteiger partial charge in [0.25, 0.3) is 0 Å². The molecule has 3 aromatic rings. The molecular formula is C16H11N3O4. The lowest BCUT2D eigenvalue weighted by Gasteiger charge is -2.08. The first-order chi connectivity index (χ1) is 11.2. The molecule has 1 aliphatic heterocycles. The number of nitrogens with zero attached hydrogens (tertiary/aromatic N) is 3. The summed E-state index contributed by atoms with van der Waals surface area (Å²) >= 11 is 0. The van der Waals surface area contributed by atoms with Gasteiger partial charge in [-0.3, -0.25) is 0 Å². The van der Waals surface area contributed by atoms with Gasteiger partial charge in [-0.2, -0.15) is 0 Å². The third kappa shape index (κ3) is 2.18. The lowest BCUT2D eigenvalue weighted by Crippen LogP contribution is -2.03. The molecule has 0 unspecified atom stereocenters. The van der Waals surface area contributed by atoms with E-state index in [1.165, 1.54) is 4.68 Å². The molecule has 1 N–H and O–H groups in total. The van der Waals surface area contributed by atoms with E-state index in [9.17, 15) is 9.90 Å². The number of ether oxygens (including phenoxy) is 2. The van der Waals surface area contributed by atoms with Crippen molar-refractivity contribution >= 4 is 5.97 Å². The summed E-state index contributed by atoms with van der Waals surface area (Å²) in [4.78, 5) is 11.5. The Balaban J connectivity index is 1.91. The molecule has 1 aliphatic rings. The van der Waals surface area contributed by atoms with E-state index >= 15 is 0 Å². The van der Waals surface area contributed by atoms with E-state index in [0.717, 1.165) is 0 Å². The number of benzene rings is 2. The molecule has 2 heterocycles. The third-order valence-corrected chi connectivity index (χ3v) is 3.52. The smallest absolute Gasteiger partial charge is 0.358 e. The number of aromatic carboxylic acids is 1. The summed E-state index contributed by atoms with van der Waals surface area (Å²) in [6.07, 6.45) is 0. The van der Waals surface area contributed by atoms with Crippen LogP contribution in [-0.2, 0) is 0 Å². The first-order valence-corrected chi connectivity index (χ1v) is 6.88. The zero-order valence-electron chi connectivity index (χ0n) is 11.8. The molecule has 0 spiro atoms. The third-order valence-electron chi connectivity index (χ3n) is 3.52. The Hall–Kier alpha value is -3.35. The van der Waals surface area contributed by atoms with Gasteiger partial charge in [0.05, 0.1) is 5.69 Å². The molecule has 0 saturated carbocycles. The number of fused-ring (bicyclic) bond motifs is 1. The van der Waals surface area contributed by atoms with Crippen LogP contribution in [0.25, 0.3) is 16.9 Å². The second kappa shape index (κ2) is 5.13. The zero-order chi connectivity index (χ0) is 15.8. The van der Waals surface area contributed by atoms with Gasteiger partial charge in [0.15, 0.2) is 17.2 Å². The van der Waals surface area contributed by atoms with Gasteiger partial charge in [0.1, 0.15) is 5.69 Å². The number of carbonyl (C=O) groups is 1. The van der Waals surface area contributed by atoms with E-state index in [-0.39, 0.29) is 12.5 Å². The molecule has 23 heavy (non-hydrogen) atoms. The highest BCUT2D eigenvalue weighted by Crippen LogP contribution is 2.35. The van der Waals surface area contributed by atoms with Gasteiger partial charge in [0, 0.05) is 11.6 Å². The van der Waals surface area contributed by atoms with Crippen LogP contribution in [-0.4, -0.2) is 32.9 Å². The Morgan fingerprint density at radius 3 is 2.65 bits per heavy atom. The van der Waals surface area contributed by atoms with Crippen LogP contribution < -0.4 is 9.47 Å². The van der Waals surface area contributed by atoms with Crippen molar-refractivity contribution in [3.8, 4) is 28.4 Å². The Morgan fingerprint density at radius 2 is 1.87 bits per heavy atom. The maximum Gasteiger partial charge on any atom is 0.358 e. The van der Waals surface area contributed by atoms with Crippen molar-refractivity contribution in [2.75, 3.05) is 6.79 Å². The van der Waals surface area contributed by atoms with Crippen molar-refractivity contribution < 1.29 is 19.4 Å². The normalized spacial score (nSPS) is 12.3. The van der Waals surface area contributed by atoms with Crippen LogP contribution in [0.1, 0.15) is 10.5 Å². The highest BCUT2D eigenvalue weighted by molar-refractivity contribution is 5.93. The molecule has 0 atom stereocenters. The number of carboxylic acids is 1. The van der Waals surface area contributed by atoms with Crippen molar-refractivity contribution in [3.63, 3.8) is 0 Å². The van der Waals surface area contributed by atoms with E-state index in [2.05, 4.69) is 10.3 Å². The van der Waals surface area contributed by atoms with Crippen LogP contribution in [0.3, 0.4) is 0 Å². The summed E-state index contributed by atoms with van der Waals surface area (Å²) in [5.41, 5.74) is 1.67. The monoisotopic (exact) mass is 309 g/mol. The van der Waals surface area contributed by atoms with Crippen molar-refractivity contribution in [1.82, 2.24) is 15.0 Å². The molecule has 0 amide bonds. The summed E-state index contributed by atoms with van der Waals surface area (Å²) in [5, 5.41) is 17.2. The summed E-state index contributed by atoms with van der Waals surface area (Å²) in [7, 11) is 0. The van der Waals surface area contributed by atoms with E-state index in [1.807, 2.05) is 30.3 Å². The average Bonchev–Trinajstić information content (AvgIpc) is 3.21. The highest BCUT2D eigenvalue weighted by Gasteiger charge is 2.23. The van der Waals surface area contributed by atoms with E-state index in [4.69, 9.17) is 9.47 Å². The molecule has 0 saturated heterocycles. The van der Waals surface area contributed by atoms with Gasteiger partial charge in [-0.1, -0.05) is 35.5 Å². The van der Waals surface area contributed by atoms with E-state index in [1.54, 1.807) is 18.2 Å². The maximum absolute atomic E-state index is 11.5. The van der Waals surface area contributed by atoms with Gasteiger partial charge in [-0.15, -0.1) is 5.10 Å². The first-order valence-electron chi connectivity index (χ1n) is 6.88. The van der Waals surface area contributed by atoms with E-state index in [0.29, 0.717) is 28.4 Å². The van der Waals surface area contributed by atoms with Gasteiger partial charge < -0.3 is 14.6 Å². The quantitative estimate of drug-likeness (QED) is 0.799. The molecule has 0 fully saturated rings. The fourth-order valence-corrected chi connectivity index (χ4v) is 2.48. The van der Waals surface area contributed by atoms with Crippen molar-refractivity contribution in [1.29, 1.82) is 0 Å². The Kier molecular flexibility index (Phi) is 2.97. The van der Waals surface area contributed by atoms with Crippen LogP contribution in [0, 0.1) is 0 Å². The topological polar surface area (TPSA) is 86.5 Å². The predicted octanol–water partition coefficient (Wildman–Crippen LogP) is 2.36. The van der Waals surface area contributed by atoms with Gasteiger partial charge >= 0.3 is 5.97 Å². The van der Waals surface area contributed by atoms with Crippen molar-refractivity contribution in [3.05, 3.63) is 54.2 Å². The number of rotatable bonds is 3. The van der Waals surface area contributed by atoms with Crippen LogP contribution in [0.2, 0.25) is 0 Å². The summed E-state index contributed by atoms with van der Waals surface area (Å²) in [6.45, 7) is 0.169. The predicted molar refractivity (Wildman–Crippen MR) is 79.9 cm³/mol. The molecule has 7 heteroatoms. The van der Waals surface area contributed by atoms with E-state index < -0.39 is 5.97 Å². The molecule has 1 aromatic heterocycles. The van der Waals surface area contributed by atoms with Crippen LogP contribution >= 0.6 is 0 Å². The number of hydrogen-bond donors (Lipinski definition) is 1. The van der Waals surface area contributed by atoms with Crippen LogP contribution in [0.4, 0.5) is 0 Å². The van der Waals surface area contributed by atoms with Crippen LogP contribution in [0.15, 0.2) is 48.5 Å². The standard InChI is InChI=1S/C16H11N3O4/c20-16(21)14-15(10-4-2-1-3-5-10)19(18-17-14)11-6-7-12-13(8-11)23-9-22-12/h1-8H,9H2,(H,20,21). The molecular weight excluding hydrogens is 298 g/mol. The lowest BCUT2D eigenvalue weighted by atomic mass is 10.1. The SMILES string of the molecule is O=C(O)c1nnn(-c2ccc3c(c2)OCO3)c1-c1ccccc1. The van der Waals surface area contributed by atoms with Crippen LogP contribution in [0.5, 0.6) is 11.5 Å². The highest BCUT2D eigenvalue weighted by atomic mass is 16.7. The second-order valence-electron chi connectivity index (χ2n) is 4.91. The summed E-state index contributed by atoms with van der Waals surface area (Å²) in [6, 6.07) is 14.4. The second-order valence-corrected chi connectivity index (χ2v) is 4.91. The fraction of sp³-hybridized carbons (Fsp3) is 0.0625. The van der Waals surface area contributed by atoms with Gasteiger partial charge in [-0.25, -0.2) is 9.48 Å². The van der Waals surface area contributed by atoms with Gasteiger partial charge in [-0.05, 0) is 12.1 Å². The maximum atomic E-state index is 11.5. The number of aromatic nitrogens is 3. The number of hydrogen-bond acceptors (Lipinski definition) is 5.